The molecule has 4 amide bonds. The Bertz CT molecular complexity index is 3990. The van der Waals surface area contributed by atoms with Crippen molar-refractivity contribution in [2.75, 3.05) is 58.2 Å². The Morgan fingerprint density at radius 1 is 0.548 bits per heavy atom. The molecule has 5 N–H and O–H groups in total. The van der Waals surface area contributed by atoms with Crippen LogP contribution < -0.4 is 22.3 Å². The number of benzene rings is 6. The number of rotatable bonds is 13. The Morgan fingerprint density at radius 3 is 1.39 bits per heavy atom. The minimum atomic E-state index is -3.13. The molecule has 12 rings (SSSR count). The second-order valence-electron chi connectivity index (χ2n) is 23.8. The highest BCUT2D eigenvalue weighted by Crippen LogP contribution is 2.42. The van der Waals surface area contributed by atoms with E-state index in [1.807, 2.05) is 55.1 Å². The third-order valence-corrected chi connectivity index (χ3v) is 20.4. The van der Waals surface area contributed by atoms with Crippen molar-refractivity contribution in [2.24, 2.45) is 5.90 Å². The SMILES string of the molecule is C.C.C[C@@H]1CN(Cc2ccc(F)cc2)[C@@H](C)CN1C(=O)c1cc2c(C(=O)C(=O)N3CCCC3)c[nH]c2cc1Cl.C[C@@H]1CN(Cc2ccc(F)cc2)[C@@H](C)CN1C(=O)c1cc2c(C(=O)C(=O)N3CCCC3)cn(N)c2cc1Cl.NOP(=O)(c1ccccc1)c1ccccc1. The van der Waals surface area contributed by atoms with E-state index in [-0.39, 0.29) is 89.2 Å². The number of hydrogen-bond donors (Lipinski definition) is 3. The average Bonchev–Trinajstić information content (AvgIpc) is 1.69. The monoisotopic (exact) mass is 1330 g/mol. The number of carbonyl (C=O) groups excluding carboxylic acids is 6. The summed E-state index contributed by atoms with van der Waals surface area (Å²) >= 11 is 13.1. The predicted molar refractivity (Wildman–Crippen MR) is 363 cm³/mol. The molecule has 23 heteroatoms. The highest BCUT2D eigenvalue weighted by molar-refractivity contribution is 7.74. The van der Waals surface area contributed by atoms with E-state index in [4.69, 9.17) is 39.6 Å². The van der Waals surface area contributed by atoms with Crippen LogP contribution in [0, 0.1) is 11.6 Å². The van der Waals surface area contributed by atoms with Crippen molar-refractivity contribution >= 4 is 98.2 Å². The minimum absolute atomic E-state index is 0. The lowest BCUT2D eigenvalue weighted by Crippen LogP contribution is -2.57. The van der Waals surface area contributed by atoms with Gasteiger partial charge in [-0.3, -0.25) is 47.8 Å². The third-order valence-electron chi connectivity index (χ3n) is 17.5. The number of amides is 4. The average molecular weight is 1330 g/mol. The molecular formula is C70H81Cl2F2N10O8P. The molecule has 6 heterocycles. The second-order valence-corrected chi connectivity index (χ2v) is 26.9. The summed E-state index contributed by atoms with van der Waals surface area (Å²) in [6.07, 6.45) is 6.48. The molecule has 0 bridgehead atoms. The van der Waals surface area contributed by atoms with Crippen LogP contribution >= 0.6 is 30.6 Å². The number of nitrogens with one attached hydrogen (secondary N) is 1. The van der Waals surface area contributed by atoms with E-state index in [2.05, 4.69) is 28.6 Å². The van der Waals surface area contributed by atoms with Crippen LogP contribution in [0.2, 0.25) is 10.0 Å². The summed E-state index contributed by atoms with van der Waals surface area (Å²) in [7, 11) is -3.13. The molecule has 0 unspecified atom stereocenters. The van der Waals surface area contributed by atoms with Gasteiger partial charge >= 0.3 is 0 Å². The number of aromatic nitrogens is 2. The summed E-state index contributed by atoms with van der Waals surface area (Å²) in [6, 6.07) is 37.2. The number of likely N-dealkylation sites (tertiary alicyclic amines) is 2. The van der Waals surface area contributed by atoms with E-state index in [0.717, 1.165) is 36.8 Å². The number of carbonyl (C=O) groups is 6. The molecule has 0 aliphatic carbocycles. The maximum absolute atomic E-state index is 13.7. The molecule has 4 aliphatic heterocycles. The molecule has 8 aromatic rings. The first kappa shape index (κ1) is 70.8. The first-order valence-electron chi connectivity index (χ1n) is 30.4. The van der Waals surface area contributed by atoms with Gasteiger partial charge in [0.05, 0.1) is 37.8 Å². The standard InChI is InChI=1S/C28H31ClFN5O3.C28H30ClFN4O3.C12H12NO2P.2CH4/c1-17-14-34(18(2)13-33(17)15-19-5-7-20(30)8-6-19)27(37)22-11-21-23(16-35(31)25(21)12-24(22)29)26(36)28(38)32-9-3-4-10-32;1-17-15-34(18(2)14-33(17)16-19-5-7-20(30)8-6-19)27(36)22-11-21-23(13-31-25(21)12-24(22)29)26(35)28(37)32-9-3-4-10-32;13-15-16(14,11-7-3-1-4-8-11)12-9-5-2-6-10-12;;/h5-8,11-12,16-18H,3-4,9-10,13-15,31H2,1-2H3;5-8,11-13,17-18,31H,3-4,9-10,14-16H2,1-2H3;1-10H,13H2;2*1H4/t2*17-,18+;;;/m00.../s1. The van der Waals surface area contributed by atoms with E-state index in [1.165, 1.54) is 41.3 Å². The molecule has 0 radical (unpaired) electrons. The quantitative estimate of drug-likeness (QED) is 0.0323. The van der Waals surface area contributed by atoms with Gasteiger partial charge in [0.1, 0.15) is 11.6 Å². The van der Waals surface area contributed by atoms with Crippen molar-refractivity contribution in [3.8, 4) is 0 Å². The van der Waals surface area contributed by atoms with E-state index in [0.29, 0.717) is 103 Å². The van der Waals surface area contributed by atoms with Crippen LogP contribution in [-0.4, -0.2) is 151 Å². The Hall–Kier alpha value is -8.07. The van der Waals surface area contributed by atoms with Crippen LogP contribution in [0.3, 0.4) is 0 Å². The van der Waals surface area contributed by atoms with Crippen molar-refractivity contribution < 1.29 is 46.7 Å². The maximum Gasteiger partial charge on any atom is 0.295 e. The molecule has 492 valence electrons. The lowest BCUT2D eigenvalue weighted by atomic mass is 10.0. The van der Waals surface area contributed by atoms with Crippen LogP contribution in [0.4, 0.5) is 8.78 Å². The van der Waals surface area contributed by atoms with E-state index < -0.39 is 30.7 Å². The Labute approximate surface area is 551 Å². The van der Waals surface area contributed by atoms with Gasteiger partial charge in [-0.15, -0.1) is 0 Å². The van der Waals surface area contributed by atoms with Gasteiger partial charge in [0.25, 0.3) is 42.6 Å². The number of H-pyrrole nitrogens is 1. The van der Waals surface area contributed by atoms with Crippen molar-refractivity contribution in [3.63, 3.8) is 0 Å². The predicted octanol–water partition coefficient (Wildman–Crippen LogP) is 11.3. The molecule has 2 aromatic heterocycles. The van der Waals surface area contributed by atoms with Crippen molar-refractivity contribution in [2.45, 2.75) is 105 Å². The molecule has 4 atom stereocenters. The van der Waals surface area contributed by atoms with E-state index in [1.54, 1.807) is 87.5 Å². The van der Waals surface area contributed by atoms with Gasteiger partial charge in [0.2, 0.25) is 0 Å². The van der Waals surface area contributed by atoms with Gasteiger partial charge in [0.15, 0.2) is 0 Å². The highest BCUT2D eigenvalue weighted by Gasteiger charge is 2.37. The zero-order valence-corrected chi connectivity index (χ0v) is 53.5. The fourth-order valence-corrected chi connectivity index (χ4v) is 14.5. The number of hydrogen-bond acceptors (Lipinski definition) is 12. The molecule has 4 aliphatic rings. The number of piperazine rings is 2. The Kier molecular flexibility index (Phi) is 23.4. The fourth-order valence-electron chi connectivity index (χ4n) is 12.3. The van der Waals surface area contributed by atoms with Crippen LogP contribution in [0.1, 0.15) is 121 Å². The molecule has 4 saturated heterocycles. The molecule has 4 fully saturated rings. The van der Waals surface area contributed by atoms with Crippen LogP contribution in [0.15, 0.2) is 146 Å². The number of Topliss-reactive ketones (excluding diaryl/α,β-unsaturated/α-hetero) is 2. The third kappa shape index (κ3) is 15.6. The number of halogens is 4. The van der Waals surface area contributed by atoms with Crippen molar-refractivity contribution in [1.29, 1.82) is 0 Å². The number of aromatic amines is 1. The largest absolute Gasteiger partial charge is 0.360 e. The first-order valence-corrected chi connectivity index (χ1v) is 32.8. The molecular weight excluding hydrogens is 1250 g/mol. The lowest BCUT2D eigenvalue weighted by Gasteiger charge is -2.44. The summed E-state index contributed by atoms with van der Waals surface area (Å²) in [6.45, 7) is 14.0. The van der Waals surface area contributed by atoms with Crippen molar-refractivity contribution in [3.05, 3.63) is 201 Å². The summed E-state index contributed by atoms with van der Waals surface area (Å²) in [5, 5.41) is 2.66. The van der Waals surface area contributed by atoms with E-state index >= 15 is 0 Å². The number of nitrogens with zero attached hydrogens (tertiary/aromatic N) is 7. The van der Waals surface area contributed by atoms with Crippen LogP contribution in [0.5, 0.6) is 0 Å². The van der Waals surface area contributed by atoms with Crippen LogP contribution in [-0.2, 0) is 31.9 Å². The number of nitrogen functional groups attached to an aromatic ring is 1. The van der Waals surface area contributed by atoms with E-state index in [9.17, 15) is 42.1 Å². The van der Waals surface area contributed by atoms with Gasteiger partial charge in [-0.25, -0.2) is 19.3 Å². The van der Waals surface area contributed by atoms with Gasteiger partial charge in [-0.2, -0.15) is 0 Å². The Morgan fingerprint density at radius 2 is 0.957 bits per heavy atom. The molecule has 93 heavy (non-hydrogen) atoms. The second kappa shape index (κ2) is 30.8. The zero-order valence-electron chi connectivity index (χ0n) is 51.1. The summed E-state index contributed by atoms with van der Waals surface area (Å²) in [5.41, 5.74) is 4.08. The van der Waals surface area contributed by atoms with Gasteiger partial charge in [0, 0.05) is 129 Å². The maximum atomic E-state index is 13.7. The van der Waals surface area contributed by atoms with Gasteiger partial charge < -0.3 is 30.4 Å². The summed E-state index contributed by atoms with van der Waals surface area (Å²) < 4.78 is 45.3. The summed E-state index contributed by atoms with van der Waals surface area (Å²) in [5.74, 6) is 8.03. The molecule has 6 aromatic carbocycles. The number of fused-ring (bicyclic) bond motifs is 2. The van der Waals surface area contributed by atoms with Crippen LogP contribution in [0.25, 0.3) is 21.8 Å². The minimum Gasteiger partial charge on any atom is -0.360 e. The Balaban J connectivity index is 0.000000191. The number of ketones is 2. The molecule has 0 spiro atoms. The molecule has 18 nitrogen and oxygen atoms in total. The van der Waals surface area contributed by atoms with Crippen molar-refractivity contribution in [1.82, 2.24) is 39.1 Å². The van der Waals surface area contributed by atoms with Gasteiger partial charge in [-0.1, -0.05) is 98.7 Å². The number of nitrogens with two attached hydrogens (primary N) is 2. The van der Waals surface area contributed by atoms with Gasteiger partial charge in [-0.05, 0) is 137 Å². The lowest BCUT2D eigenvalue weighted by molar-refractivity contribution is -0.126. The summed E-state index contributed by atoms with van der Waals surface area (Å²) in [4.78, 5) is 93.3. The topological polar surface area (TPSA) is 221 Å². The first-order chi connectivity index (χ1) is 43.6. The molecule has 0 saturated carbocycles. The highest BCUT2D eigenvalue weighted by atomic mass is 35.5. The smallest absolute Gasteiger partial charge is 0.295 e. The fraction of sp³-hybridized carbons (Fsp3) is 0.343. The zero-order chi connectivity index (χ0) is 64.8. The normalized spacial score (nSPS) is 18.4.